The average Bonchev–Trinajstić information content (AvgIpc) is 3.25. The van der Waals surface area contributed by atoms with Crippen LogP contribution in [-0.2, 0) is 4.79 Å². The van der Waals surface area contributed by atoms with Crippen molar-refractivity contribution in [1.82, 2.24) is 9.80 Å². The van der Waals surface area contributed by atoms with E-state index >= 15 is 0 Å². The van der Waals surface area contributed by atoms with Gasteiger partial charge >= 0.3 is 0 Å². The van der Waals surface area contributed by atoms with E-state index in [1.54, 1.807) is 11.6 Å². The molecule has 0 radical (unpaired) electrons. The van der Waals surface area contributed by atoms with E-state index in [1.165, 1.54) is 44.7 Å². The highest BCUT2D eigenvalue weighted by atomic mass is 35.5. The summed E-state index contributed by atoms with van der Waals surface area (Å²) in [5, 5.41) is -0.821. The predicted molar refractivity (Wildman–Crippen MR) is 143 cm³/mol. The van der Waals surface area contributed by atoms with Crippen LogP contribution < -0.4 is 5.73 Å². The van der Waals surface area contributed by atoms with Crippen LogP contribution in [0.4, 0.5) is 4.39 Å². The van der Waals surface area contributed by atoms with Crippen LogP contribution in [-0.4, -0.2) is 59.3 Å². The third-order valence-corrected chi connectivity index (χ3v) is 12.6. The van der Waals surface area contributed by atoms with Crippen molar-refractivity contribution in [2.24, 2.45) is 34.3 Å². The lowest BCUT2D eigenvalue weighted by Crippen LogP contribution is -2.61. The average molecular weight is 516 g/mol. The molecule has 5 aliphatic carbocycles. The van der Waals surface area contributed by atoms with E-state index in [9.17, 15) is 9.18 Å². The molecular formula is C30H43ClFN3O. The van der Waals surface area contributed by atoms with Crippen LogP contribution in [0.25, 0.3) is 0 Å². The Kier molecular flexibility index (Phi) is 5.87. The number of nitrogens with two attached hydrogens (primary N) is 1. The first kappa shape index (κ1) is 25.1. The zero-order chi connectivity index (χ0) is 25.6. The molecule has 1 amide bonds. The largest absolute Gasteiger partial charge is 0.339 e. The zero-order valence-electron chi connectivity index (χ0n) is 22.4. The fourth-order valence-corrected chi connectivity index (χ4v) is 10.3. The Morgan fingerprint density at radius 1 is 1.19 bits per heavy atom. The molecule has 6 rings (SSSR count). The van der Waals surface area contributed by atoms with Gasteiger partial charge in [-0.3, -0.25) is 4.79 Å². The van der Waals surface area contributed by atoms with E-state index in [2.05, 4.69) is 31.9 Å². The summed E-state index contributed by atoms with van der Waals surface area (Å²) in [4.78, 5) is 17.7. The summed E-state index contributed by atoms with van der Waals surface area (Å²) >= 11 is 6.06. The molecule has 4 nitrogen and oxygen atoms in total. The van der Waals surface area contributed by atoms with Gasteiger partial charge in [0.05, 0.1) is 0 Å². The SMILES string of the molecule is C[C@@H]1N(C)C[C@]23CCC4[C@@H](CC=C5C[C@@H](N(C)C(=O)C6=C[C@H](Cl)C(F)=CC6)CC[C@@]54C)[C@@H]2CC[C@]13N. The third-order valence-electron chi connectivity index (χ3n) is 12.3. The van der Waals surface area contributed by atoms with Crippen molar-refractivity contribution in [3.05, 3.63) is 35.2 Å². The topological polar surface area (TPSA) is 49.6 Å². The van der Waals surface area contributed by atoms with Crippen LogP contribution in [0.2, 0.25) is 0 Å². The van der Waals surface area contributed by atoms with Gasteiger partial charge in [-0.15, -0.1) is 11.6 Å². The number of halogens is 2. The summed E-state index contributed by atoms with van der Waals surface area (Å²) in [7, 11) is 4.19. The minimum absolute atomic E-state index is 0.00314. The second kappa shape index (κ2) is 8.41. The number of carbonyl (C=O) groups excluding carboxylic acids is 1. The molecule has 1 saturated heterocycles. The minimum atomic E-state index is -0.821. The highest BCUT2D eigenvalue weighted by molar-refractivity contribution is 6.24. The Balaban J connectivity index is 1.21. The number of fused-ring (bicyclic) bond motifs is 4. The van der Waals surface area contributed by atoms with E-state index in [0.717, 1.165) is 37.0 Å². The molecule has 198 valence electrons. The summed E-state index contributed by atoms with van der Waals surface area (Å²) in [6.45, 7) is 6.04. The molecular weight excluding hydrogens is 473 g/mol. The van der Waals surface area contributed by atoms with Gasteiger partial charge in [0, 0.05) is 42.2 Å². The summed E-state index contributed by atoms with van der Waals surface area (Å²) in [5.41, 5.74) is 9.93. The number of allylic oxidation sites excluding steroid dienone is 4. The second-order valence-corrected chi connectivity index (χ2v) is 13.8. The first-order chi connectivity index (χ1) is 17.0. The van der Waals surface area contributed by atoms with Crippen LogP contribution in [0.5, 0.6) is 0 Å². The van der Waals surface area contributed by atoms with Crippen molar-refractivity contribution in [3.8, 4) is 0 Å². The van der Waals surface area contributed by atoms with Gasteiger partial charge in [-0.05, 0) is 101 Å². The van der Waals surface area contributed by atoms with Crippen LogP contribution in [0.15, 0.2) is 35.2 Å². The van der Waals surface area contributed by atoms with Gasteiger partial charge in [-0.25, -0.2) is 4.39 Å². The lowest BCUT2D eigenvalue weighted by molar-refractivity contribution is -0.129. The molecule has 1 unspecified atom stereocenters. The first-order valence-corrected chi connectivity index (χ1v) is 14.6. The molecule has 0 aromatic carbocycles. The molecule has 6 heteroatoms. The number of likely N-dealkylation sites (tertiary alicyclic amines) is 1. The number of likely N-dealkylation sites (N-methyl/N-ethyl adjacent to an activating group) is 2. The fraction of sp³-hybridized carbons (Fsp3) is 0.767. The van der Waals surface area contributed by atoms with E-state index in [4.69, 9.17) is 17.3 Å². The molecule has 4 fully saturated rings. The molecule has 9 atom stereocenters. The summed E-state index contributed by atoms with van der Waals surface area (Å²) in [5.74, 6) is 1.84. The Hall–Kier alpha value is -1.17. The second-order valence-electron chi connectivity index (χ2n) is 13.3. The van der Waals surface area contributed by atoms with E-state index in [0.29, 0.717) is 18.0 Å². The first-order valence-electron chi connectivity index (χ1n) is 14.2. The molecule has 36 heavy (non-hydrogen) atoms. The van der Waals surface area contributed by atoms with Gasteiger partial charge in [0.1, 0.15) is 11.2 Å². The standard InChI is InChI=1S/C30H43ClFN3O/c1-18-30(33)14-11-24-22-7-6-20-16-21(35(4)27(36)19-5-8-26(32)25(31)15-19)9-12-28(20,2)23(22)10-13-29(24,30)17-34(18)3/h6,8,15,18,21-25H,5,7,9-14,16-17,33H2,1-4H3/t18-,21-,22+,23?,24-,25-,28-,29+,30-/m0/s1. The smallest absolute Gasteiger partial charge is 0.249 e. The van der Waals surface area contributed by atoms with Gasteiger partial charge in [-0.2, -0.15) is 0 Å². The molecule has 2 N–H and O–H groups in total. The fourth-order valence-electron chi connectivity index (χ4n) is 10.0. The van der Waals surface area contributed by atoms with Crippen LogP contribution in [0.3, 0.4) is 0 Å². The number of hydrogen-bond acceptors (Lipinski definition) is 3. The summed E-state index contributed by atoms with van der Waals surface area (Å²) in [6.07, 6.45) is 15.2. The highest BCUT2D eigenvalue weighted by Crippen LogP contribution is 2.69. The summed E-state index contributed by atoms with van der Waals surface area (Å²) < 4.78 is 13.7. The van der Waals surface area contributed by atoms with Crippen molar-refractivity contribution < 1.29 is 9.18 Å². The number of amides is 1. The van der Waals surface area contributed by atoms with Crippen LogP contribution in [0.1, 0.15) is 71.6 Å². The zero-order valence-corrected chi connectivity index (χ0v) is 23.2. The summed E-state index contributed by atoms with van der Waals surface area (Å²) in [6, 6.07) is 0.662. The highest BCUT2D eigenvalue weighted by Gasteiger charge is 2.69. The Morgan fingerprint density at radius 3 is 2.69 bits per heavy atom. The molecule has 1 heterocycles. The number of rotatable bonds is 2. The number of nitrogens with zero attached hydrogens (tertiary/aromatic N) is 2. The van der Waals surface area contributed by atoms with Crippen molar-refractivity contribution >= 4 is 17.5 Å². The Labute approximate surface area is 221 Å². The van der Waals surface area contributed by atoms with Crippen LogP contribution in [0, 0.1) is 28.6 Å². The minimum Gasteiger partial charge on any atom is -0.339 e. The molecule has 1 aliphatic heterocycles. The number of carbonyl (C=O) groups is 1. The van der Waals surface area contributed by atoms with Gasteiger partial charge in [0.2, 0.25) is 5.91 Å². The number of hydrogen-bond donors (Lipinski definition) is 1. The quantitative estimate of drug-likeness (QED) is 0.386. The predicted octanol–water partition coefficient (Wildman–Crippen LogP) is 5.58. The third kappa shape index (κ3) is 3.27. The molecule has 6 aliphatic rings. The van der Waals surface area contributed by atoms with Gasteiger partial charge in [0.25, 0.3) is 0 Å². The molecule has 0 aromatic heterocycles. The van der Waals surface area contributed by atoms with E-state index < -0.39 is 5.38 Å². The van der Waals surface area contributed by atoms with Crippen molar-refractivity contribution in [3.63, 3.8) is 0 Å². The van der Waals surface area contributed by atoms with E-state index in [1.807, 2.05) is 11.9 Å². The monoisotopic (exact) mass is 515 g/mol. The maximum Gasteiger partial charge on any atom is 0.249 e. The maximum atomic E-state index is 13.7. The molecule has 3 saturated carbocycles. The lowest BCUT2D eigenvalue weighted by Gasteiger charge is -2.59. The van der Waals surface area contributed by atoms with Crippen molar-refractivity contribution in [2.75, 3.05) is 20.6 Å². The number of alkyl halides is 1. The van der Waals surface area contributed by atoms with Crippen molar-refractivity contribution in [2.45, 2.75) is 94.6 Å². The normalized spacial score (nSPS) is 48.1. The molecule has 1 spiro atoms. The van der Waals surface area contributed by atoms with Gasteiger partial charge in [-0.1, -0.05) is 24.6 Å². The Bertz CT molecular complexity index is 1050. The molecule has 0 bridgehead atoms. The maximum absolute atomic E-state index is 13.7. The lowest BCUT2D eigenvalue weighted by atomic mass is 9.46. The van der Waals surface area contributed by atoms with Gasteiger partial charge < -0.3 is 15.5 Å². The van der Waals surface area contributed by atoms with Gasteiger partial charge in [0.15, 0.2) is 0 Å². The molecule has 0 aromatic rings. The van der Waals surface area contributed by atoms with E-state index in [-0.39, 0.29) is 34.1 Å². The Morgan fingerprint density at radius 2 is 1.94 bits per heavy atom. The van der Waals surface area contributed by atoms with Crippen LogP contribution >= 0.6 is 11.6 Å². The van der Waals surface area contributed by atoms with Crippen molar-refractivity contribution in [1.29, 1.82) is 0 Å².